The molecule has 78 valence electrons. The third-order valence-corrected chi connectivity index (χ3v) is 2.70. The van der Waals surface area contributed by atoms with Crippen molar-refractivity contribution in [2.45, 2.75) is 20.3 Å². The van der Waals surface area contributed by atoms with Crippen molar-refractivity contribution in [3.05, 3.63) is 5.69 Å². The van der Waals surface area contributed by atoms with Crippen molar-refractivity contribution in [3.63, 3.8) is 0 Å². The van der Waals surface area contributed by atoms with Gasteiger partial charge in [0.15, 0.2) is 0 Å². The average molecular weight is 194 g/mol. The van der Waals surface area contributed by atoms with Crippen LogP contribution in [-0.4, -0.2) is 22.9 Å². The Labute approximate surface area is 84.7 Å². The van der Waals surface area contributed by atoms with Gasteiger partial charge in [-0.15, -0.1) is 0 Å². The minimum absolute atomic E-state index is 0.659. The van der Waals surface area contributed by atoms with E-state index in [1.54, 1.807) is 0 Å². The molecule has 4 nitrogen and oxygen atoms in total. The zero-order chi connectivity index (χ0) is 10.1. The number of hydrogen-bond donors (Lipinski definition) is 2. The number of hydrogen-bond acceptors (Lipinski definition) is 3. The van der Waals surface area contributed by atoms with Crippen molar-refractivity contribution in [1.29, 1.82) is 0 Å². The molecule has 0 saturated heterocycles. The topological polar surface area (TPSA) is 41.9 Å². The van der Waals surface area contributed by atoms with Gasteiger partial charge in [-0.3, -0.25) is 4.68 Å². The van der Waals surface area contributed by atoms with E-state index in [9.17, 15) is 0 Å². The van der Waals surface area contributed by atoms with Crippen LogP contribution in [0.25, 0.3) is 0 Å². The van der Waals surface area contributed by atoms with E-state index in [-0.39, 0.29) is 0 Å². The van der Waals surface area contributed by atoms with Crippen LogP contribution in [0.1, 0.15) is 19.5 Å². The Morgan fingerprint density at radius 3 is 2.86 bits per heavy atom. The first-order chi connectivity index (χ1) is 6.72. The predicted molar refractivity (Wildman–Crippen MR) is 58.7 cm³/mol. The molecule has 0 bridgehead atoms. The molecule has 2 rings (SSSR count). The molecule has 1 aliphatic rings. The van der Waals surface area contributed by atoms with E-state index >= 15 is 0 Å². The molecule has 0 aliphatic carbocycles. The minimum Gasteiger partial charge on any atom is -0.380 e. The summed E-state index contributed by atoms with van der Waals surface area (Å²) >= 11 is 0. The highest BCUT2D eigenvalue weighted by molar-refractivity contribution is 5.69. The van der Waals surface area contributed by atoms with Gasteiger partial charge in [-0.1, -0.05) is 13.8 Å². The van der Waals surface area contributed by atoms with Gasteiger partial charge < -0.3 is 10.6 Å². The summed E-state index contributed by atoms with van der Waals surface area (Å²) in [5, 5.41) is 11.4. The maximum atomic E-state index is 4.47. The molecule has 0 spiro atoms. The maximum absolute atomic E-state index is 4.47. The number of aryl methyl sites for hydroxylation is 2. The number of nitrogens with one attached hydrogen (secondary N) is 2. The molecule has 0 amide bonds. The maximum Gasteiger partial charge on any atom is 0.148 e. The van der Waals surface area contributed by atoms with Crippen LogP contribution in [0, 0.1) is 5.92 Å². The molecule has 2 N–H and O–H groups in total. The standard InChI is InChI=1S/C10H18N4/c1-4-8-9-10(14(3)13-8)12-6-7(2)5-11-9/h7,11-12H,4-6H2,1-3H3. The summed E-state index contributed by atoms with van der Waals surface area (Å²) in [5.41, 5.74) is 2.35. The number of aromatic nitrogens is 2. The van der Waals surface area contributed by atoms with Crippen LogP contribution in [0.2, 0.25) is 0 Å². The fourth-order valence-electron chi connectivity index (χ4n) is 1.83. The van der Waals surface area contributed by atoms with Crippen LogP contribution >= 0.6 is 0 Å². The number of fused-ring (bicyclic) bond motifs is 1. The van der Waals surface area contributed by atoms with Gasteiger partial charge in [0, 0.05) is 20.1 Å². The summed E-state index contributed by atoms with van der Waals surface area (Å²) in [5.74, 6) is 1.79. The van der Waals surface area contributed by atoms with E-state index in [1.165, 1.54) is 5.69 Å². The van der Waals surface area contributed by atoms with Gasteiger partial charge in [-0.25, -0.2) is 0 Å². The Morgan fingerprint density at radius 2 is 2.14 bits per heavy atom. The van der Waals surface area contributed by atoms with Crippen LogP contribution in [0.3, 0.4) is 0 Å². The first kappa shape index (κ1) is 9.37. The van der Waals surface area contributed by atoms with Gasteiger partial charge in [0.25, 0.3) is 0 Å². The Morgan fingerprint density at radius 1 is 1.43 bits per heavy atom. The fraction of sp³-hybridized carbons (Fsp3) is 0.700. The highest BCUT2D eigenvalue weighted by Crippen LogP contribution is 2.28. The lowest BCUT2D eigenvalue weighted by atomic mass is 10.2. The second-order valence-electron chi connectivity index (χ2n) is 4.01. The Kier molecular flexibility index (Phi) is 2.35. The lowest BCUT2D eigenvalue weighted by Crippen LogP contribution is -2.16. The van der Waals surface area contributed by atoms with Crippen LogP contribution in [0.15, 0.2) is 0 Å². The Bertz CT molecular complexity index is 329. The molecule has 1 atom stereocenters. The normalized spacial score (nSPS) is 20.6. The van der Waals surface area contributed by atoms with Crippen molar-refractivity contribution in [2.24, 2.45) is 13.0 Å². The van der Waals surface area contributed by atoms with Crippen LogP contribution in [0.5, 0.6) is 0 Å². The lowest BCUT2D eigenvalue weighted by molar-refractivity contribution is 0.647. The average Bonchev–Trinajstić information content (AvgIpc) is 2.33. The van der Waals surface area contributed by atoms with E-state index in [4.69, 9.17) is 0 Å². The second kappa shape index (κ2) is 3.52. The molecule has 0 saturated carbocycles. The number of anilines is 2. The summed E-state index contributed by atoms with van der Waals surface area (Å²) in [6.07, 6.45) is 0.978. The number of rotatable bonds is 1. The molecule has 4 heteroatoms. The van der Waals surface area contributed by atoms with Gasteiger partial charge in [0.1, 0.15) is 11.5 Å². The molecular weight excluding hydrogens is 176 g/mol. The van der Waals surface area contributed by atoms with Crippen LogP contribution in [0.4, 0.5) is 11.5 Å². The smallest absolute Gasteiger partial charge is 0.148 e. The highest BCUT2D eigenvalue weighted by Gasteiger charge is 2.18. The molecule has 0 fully saturated rings. The summed E-state index contributed by atoms with van der Waals surface area (Å²) in [6.45, 7) is 6.42. The van der Waals surface area contributed by atoms with Crippen molar-refractivity contribution in [2.75, 3.05) is 23.7 Å². The van der Waals surface area contributed by atoms with E-state index in [0.29, 0.717) is 5.92 Å². The molecule has 1 aromatic heterocycles. The van der Waals surface area contributed by atoms with Crippen LogP contribution in [-0.2, 0) is 13.5 Å². The monoisotopic (exact) mass is 194 g/mol. The zero-order valence-corrected chi connectivity index (χ0v) is 9.09. The molecule has 1 unspecified atom stereocenters. The molecule has 14 heavy (non-hydrogen) atoms. The van der Waals surface area contributed by atoms with Crippen molar-refractivity contribution >= 4 is 11.5 Å². The summed E-state index contributed by atoms with van der Waals surface area (Å²) in [7, 11) is 1.99. The van der Waals surface area contributed by atoms with E-state index in [0.717, 1.165) is 31.0 Å². The molecule has 1 aromatic rings. The quantitative estimate of drug-likeness (QED) is 0.711. The minimum atomic E-state index is 0.659. The number of nitrogens with zero attached hydrogens (tertiary/aromatic N) is 2. The molecular formula is C10H18N4. The second-order valence-corrected chi connectivity index (χ2v) is 4.01. The van der Waals surface area contributed by atoms with Crippen LogP contribution < -0.4 is 10.6 Å². The fourth-order valence-corrected chi connectivity index (χ4v) is 1.83. The lowest BCUT2D eigenvalue weighted by Gasteiger charge is -2.07. The third-order valence-electron chi connectivity index (χ3n) is 2.70. The third kappa shape index (κ3) is 1.45. The molecule has 0 radical (unpaired) electrons. The summed E-state index contributed by atoms with van der Waals surface area (Å²) in [6, 6.07) is 0. The predicted octanol–water partition coefficient (Wildman–Crippen LogP) is 1.46. The highest BCUT2D eigenvalue weighted by atomic mass is 15.3. The molecule has 1 aliphatic heterocycles. The van der Waals surface area contributed by atoms with Gasteiger partial charge in [-0.05, 0) is 12.3 Å². The van der Waals surface area contributed by atoms with Gasteiger partial charge in [0.2, 0.25) is 0 Å². The summed E-state index contributed by atoms with van der Waals surface area (Å²) in [4.78, 5) is 0. The molecule has 2 heterocycles. The van der Waals surface area contributed by atoms with E-state index in [1.807, 2.05) is 11.7 Å². The summed E-state index contributed by atoms with van der Waals surface area (Å²) < 4.78 is 1.93. The van der Waals surface area contributed by atoms with Crippen molar-refractivity contribution in [3.8, 4) is 0 Å². The first-order valence-electron chi connectivity index (χ1n) is 5.26. The Balaban J connectivity index is 2.36. The van der Waals surface area contributed by atoms with E-state index < -0.39 is 0 Å². The SMILES string of the molecule is CCc1nn(C)c2c1NCC(C)CN2. The van der Waals surface area contributed by atoms with Gasteiger partial charge in [0.05, 0.1) is 5.69 Å². The first-order valence-corrected chi connectivity index (χ1v) is 5.26. The van der Waals surface area contributed by atoms with Crippen molar-refractivity contribution < 1.29 is 0 Å². The Hall–Kier alpha value is -1.19. The zero-order valence-electron chi connectivity index (χ0n) is 9.09. The molecule has 0 aromatic carbocycles. The largest absolute Gasteiger partial charge is 0.380 e. The van der Waals surface area contributed by atoms with Gasteiger partial charge >= 0.3 is 0 Å². The van der Waals surface area contributed by atoms with Crippen molar-refractivity contribution in [1.82, 2.24) is 9.78 Å². The van der Waals surface area contributed by atoms with E-state index in [2.05, 4.69) is 29.6 Å². The van der Waals surface area contributed by atoms with Gasteiger partial charge in [-0.2, -0.15) is 5.10 Å².